The number of nitrogens with zero attached hydrogens (tertiary/aromatic N) is 2. The van der Waals surface area contributed by atoms with Crippen LogP contribution in [-0.4, -0.2) is 49.9 Å². The number of hydrogen-bond donors (Lipinski definition) is 1. The molecule has 0 aliphatic carbocycles. The second-order valence-electron chi connectivity index (χ2n) is 4.96. The van der Waals surface area contributed by atoms with Gasteiger partial charge in [0.1, 0.15) is 0 Å². The lowest BCUT2D eigenvalue weighted by atomic mass is 10.1. The molecule has 100 valence electrons. The molecule has 4 heteroatoms. The van der Waals surface area contributed by atoms with E-state index in [1.54, 1.807) is 11.0 Å². The molecule has 0 saturated carbocycles. The number of aryl methyl sites for hydroxylation is 1. The molecule has 1 amide bonds. The first-order valence-electron chi connectivity index (χ1n) is 6.18. The first-order valence-corrected chi connectivity index (χ1v) is 6.18. The molecule has 4 nitrogen and oxygen atoms in total. The number of anilines is 1. The molecule has 0 aliphatic rings. The van der Waals surface area contributed by atoms with E-state index in [2.05, 4.69) is 4.90 Å². The van der Waals surface area contributed by atoms with E-state index in [0.717, 1.165) is 25.1 Å². The maximum absolute atomic E-state index is 12.3. The van der Waals surface area contributed by atoms with Crippen molar-refractivity contribution in [3.8, 4) is 0 Å². The molecule has 0 atom stereocenters. The summed E-state index contributed by atoms with van der Waals surface area (Å²) in [5, 5.41) is 0. The number of hydrogen-bond acceptors (Lipinski definition) is 3. The molecule has 0 aliphatic heterocycles. The number of nitrogens with two attached hydrogens (primary N) is 1. The smallest absolute Gasteiger partial charge is 0.253 e. The molecular weight excluding hydrogens is 226 g/mol. The average molecular weight is 249 g/mol. The molecule has 0 radical (unpaired) electrons. The van der Waals surface area contributed by atoms with Crippen molar-refractivity contribution in [3.05, 3.63) is 29.3 Å². The Balaban J connectivity index is 2.65. The van der Waals surface area contributed by atoms with Gasteiger partial charge in [-0.1, -0.05) is 6.07 Å². The van der Waals surface area contributed by atoms with Gasteiger partial charge < -0.3 is 15.5 Å². The number of amides is 1. The van der Waals surface area contributed by atoms with Gasteiger partial charge in [-0.15, -0.1) is 0 Å². The third-order valence-corrected chi connectivity index (χ3v) is 2.94. The highest BCUT2D eigenvalue weighted by atomic mass is 16.2. The third-order valence-electron chi connectivity index (χ3n) is 2.94. The van der Waals surface area contributed by atoms with Crippen LogP contribution < -0.4 is 5.73 Å². The summed E-state index contributed by atoms with van der Waals surface area (Å²) < 4.78 is 0. The maximum Gasteiger partial charge on any atom is 0.253 e. The van der Waals surface area contributed by atoms with Crippen molar-refractivity contribution in [2.45, 2.75) is 13.3 Å². The lowest BCUT2D eigenvalue weighted by Gasteiger charge is -2.19. The molecule has 0 saturated heterocycles. The number of carbonyl (C=O) groups excluding carboxylic acids is 1. The Bertz CT molecular complexity index is 416. The Morgan fingerprint density at radius 1 is 1.22 bits per heavy atom. The fraction of sp³-hybridized carbons (Fsp3) is 0.500. The van der Waals surface area contributed by atoms with E-state index in [1.807, 2.05) is 40.2 Å². The Hall–Kier alpha value is -1.55. The standard InChI is InChI=1S/C14H23N3O/c1-11-6-7-12(15)10-13(11)14(18)17(4)9-5-8-16(2)3/h6-7,10H,5,8-9,15H2,1-4H3. The fourth-order valence-corrected chi connectivity index (χ4v) is 1.80. The predicted octanol–water partition coefficient (Wildman–Crippen LogP) is 1.60. The zero-order valence-corrected chi connectivity index (χ0v) is 11.7. The van der Waals surface area contributed by atoms with Gasteiger partial charge in [0.15, 0.2) is 0 Å². The van der Waals surface area contributed by atoms with Crippen molar-refractivity contribution in [2.24, 2.45) is 0 Å². The van der Waals surface area contributed by atoms with Gasteiger partial charge >= 0.3 is 0 Å². The zero-order valence-electron chi connectivity index (χ0n) is 11.7. The number of nitrogen functional groups attached to an aromatic ring is 1. The molecule has 0 unspecified atom stereocenters. The quantitative estimate of drug-likeness (QED) is 0.806. The van der Waals surface area contributed by atoms with Gasteiger partial charge in [-0.2, -0.15) is 0 Å². The van der Waals surface area contributed by atoms with Crippen molar-refractivity contribution in [3.63, 3.8) is 0 Å². The summed E-state index contributed by atoms with van der Waals surface area (Å²) in [6, 6.07) is 5.45. The van der Waals surface area contributed by atoms with Crippen LogP contribution >= 0.6 is 0 Å². The van der Waals surface area contributed by atoms with Gasteiger partial charge in [-0.25, -0.2) is 0 Å². The predicted molar refractivity (Wildman–Crippen MR) is 75.7 cm³/mol. The van der Waals surface area contributed by atoms with Gasteiger partial charge in [0.05, 0.1) is 0 Å². The molecule has 0 spiro atoms. The van der Waals surface area contributed by atoms with E-state index >= 15 is 0 Å². The van der Waals surface area contributed by atoms with Crippen molar-refractivity contribution < 1.29 is 4.79 Å². The summed E-state index contributed by atoms with van der Waals surface area (Å²) in [7, 11) is 5.90. The number of carbonyl (C=O) groups is 1. The van der Waals surface area contributed by atoms with Crippen LogP contribution in [0, 0.1) is 6.92 Å². The van der Waals surface area contributed by atoms with Crippen LogP contribution in [0.4, 0.5) is 5.69 Å². The average Bonchev–Trinajstić information content (AvgIpc) is 2.30. The van der Waals surface area contributed by atoms with E-state index < -0.39 is 0 Å². The van der Waals surface area contributed by atoms with Gasteiger partial charge in [0.25, 0.3) is 5.91 Å². The molecule has 1 aromatic carbocycles. The Kier molecular flexibility index (Phi) is 5.16. The van der Waals surface area contributed by atoms with Gasteiger partial charge in [-0.05, 0) is 51.7 Å². The van der Waals surface area contributed by atoms with Gasteiger partial charge in [-0.3, -0.25) is 4.79 Å². The zero-order chi connectivity index (χ0) is 13.7. The SMILES string of the molecule is Cc1ccc(N)cc1C(=O)N(C)CCCN(C)C. The van der Waals surface area contributed by atoms with E-state index in [9.17, 15) is 4.79 Å². The first-order chi connectivity index (χ1) is 8.41. The minimum atomic E-state index is 0.0403. The highest BCUT2D eigenvalue weighted by molar-refractivity contribution is 5.96. The highest BCUT2D eigenvalue weighted by Crippen LogP contribution is 2.14. The summed E-state index contributed by atoms with van der Waals surface area (Å²) in [5.41, 5.74) is 8.02. The van der Waals surface area contributed by atoms with Crippen LogP contribution in [0.1, 0.15) is 22.3 Å². The van der Waals surface area contributed by atoms with Gasteiger partial charge in [0, 0.05) is 24.8 Å². The van der Waals surface area contributed by atoms with Crippen LogP contribution in [-0.2, 0) is 0 Å². The lowest BCUT2D eigenvalue weighted by molar-refractivity contribution is 0.0790. The molecule has 2 N–H and O–H groups in total. The van der Waals surface area contributed by atoms with E-state index in [1.165, 1.54) is 0 Å². The Morgan fingerprint density at radius 2 is 1.89 bits per heavy atom. The third kappa shape index (κ3) is 4.04. The van der Waals surface area contributed by atoms with E-state index in [4.69, 9.17) is 5.73 Å². The molecule has 1 aromatic rings. The molecule has 1 rings (SSSR count). The molecular formula is C14H23N3O. The minimum absolute atomic E-state index is 0.0403. The van der Waals surface area contributed by atoms with Crippen molar-refractivity contribution in [1.29, 1.82) is 0 Å². The summed E-state index contributed by atoms with van der Waals surface area (Å²) in [5.74, 6) is 0.0403. The minimum Gasteiger partial charge on any atom is -0.399 e. The fourth-order valence-electron chi connectivity index (χ4n) is 1.80. The Morgan fingerprint density at radius 3 is 2.50 bits per heavy atom. The number of rotatable bonds is 5. The second-order valence-corrected chi connectivity index (χ2v) is 4.96. The maximum atomic E-state index is 12.3. The van der Waals surface area contributed by atoms with Crippen LogP contribution in [0.5, 0.6) is 0 Å². The lowest BCUT2D eigenvalue weighted by Crippen LogP contribution is -2.30. The topological polar surface area (TPSA) is 49.6 Å². The highest BCUT2D eigenvalue weighted by Gasteiger charge is 2.14. The van der Waals surface area contributed by atoms with Crippen LogP contribution in [0.15, 0.2) is 18.2 Å². The van der Waals surface area contributed by atoms with E-state index in [0.29, 0.717) is 11.3 Å². The molecule has 0 bridgehead atoms. The Labute approximate surface area is 109 Å². The summed E-state index contributed by atoms with van der Waals surface area (Å²) in [4.78, 5) is 16.1. The molecule has 18 heavy (non-hydrogen) atoms. The molecule has 0 aromatic heterocycles. The van der Waals surface area contributed by atoms with Crippen LogP contribution in [0.3, 0.4) is 0 Å². The summed E-state index contributed by atoms with van der Waals surface area (Å²) in [6.07, 6.45) is 0.969. The van der Waals surface area contributed by atoms with Crippen molar-refractivity contribution in [2.75, 3.05) is 40.0 Å². The normalized spacial score (nSPS) is 10.7. The van der Waals surface area contributed by atoms with Crippen LogP contribution in [0.25, 0.3) is 0 Å². The largest absolute Gasteiger partial charge is 0.399 e. The van der Waals surface area contributed by atoms with Crippen LogP contribution in [0.2, 0.25) is 0 Å². The summed E-state index contributed by atoms with van der Waals surface area (Å²) in [6.45, 7) is 3.67. The van der Waals surface area contributed by atoms with Crippen molar-refractivity contribution in [1.82, 2.24) is 9.80 Å². The van der Waals surface area contributed by atoms with E-state index in [-0.39, 0.29) is 5.91 Å². The first kappa shape index (κ1) is 14.5. The molecule has 0 fully saturated rings. The van der Waals surface area contributed by atoms with Gasteiger partial charge in [0.2, 0.25) is 0 Å². The number of benzene rings is 1. The summed E-state index contributed by atoms with van der Waals surface area (Å²) >= 11 is 0. The second kappa shape index (κ2) is 6.40. The molecule has 0 heterocycles. The van der Waals surface area contributed by atoms with Crippen molar-refractivity contribution >= 4 is 11.6 Å². The monoisotopic (exact) mass is 249 g/mol.